The lowest BCUT2D eigenvalue weighted by Gasteiger charge is -2.46. The first-order valence-electron chi connectivity index (χ1n) is 10.0. The van der Waals surface area contributed by atoms with Crippen LogP contribution in [0.25, 0.3) is 0 Å². The summed E-state index contributed by atoms with van der Waals surface area (Å²) in [5.41, 5.74) is 0.946. The molecule has 0 radical (unpaired) electrons. The van der Waals surface area contributed by atoms with E-state index in [4.69, 9.17) is 4.74 Å². The van der Waals surface area contributed by atoms with E-state index in [1.807, 2.05) is 29.2 Å². The summed E-state index contributed by atoms with van der Waals surface area (Å²) in [4.78, 5) is 28.1. The van der Waals surface area contributed by atoms with E-state index in [9.17, 15) is 9.59 Å². The van der Waals surface area contributed by atoms with E-state index in [1.54, 1.807) is 7.11 Å². The molecule has 2 atom stereocenters. The second-order valence-electron chi connectivity index (χ2n) is 7.79. The normalized spacial score (nSPS) is 26.7. The molecule has 4 rings (SSSR count). The molecule has 6 heteroatoms. The summed E-state index contributed by atoms with van der Waals surface area (Å²) in [6.07, 6.45) is 7.72. The zero-order valence-electron chi connectivity index (χ0n) is 15.9. The van der Waals surface area contributed by atoms with Crippen LogP contribution >= 0.6 is 11.8 Å². The van der Waals surface area contributed by atoms with Crippen molar-refractivity contribution in [1.29, 1.82) is 0 Å². The second-order valence-corrected chi connectivity index (χ2v) is 8.92. The number of amides is 2. The van der Waals surface area contributed by atoms with Gasteiger partial charge in [-0.15, -0.1) is 11.8 Å². The van der Waals surface area contributed by atoms with Crippen LogP contribution < -0.4 is 10.1 Å². The summed E-state index contributed by atoms with van der Waals surface area (Å²) in [5.74, 6) is 1.35. The Kier molecular flexibility index (Phi) is 5.62. The number of benzene rings is 1. The molecule has 5 nitrogen and oxygen atoms in total. The maximum Gasteiger partial charge on any atom is 0.235 e. The number of hydrogen-bond acceptors (Lipinski definition) is 4. The molecule has 2 saturated carbocycles. The number of carbonyl (C=O) groups excluding carboxylic acids is 2. The van der Waals surface area contributed by atoms with Crippen LogP contribution in [0.4, 0.5) is 0 Å². The third kappa shape index (κ3) is 3.96. The Bertz CT molecular complexity index is 700. The molecule has 2 aliphatic carbocycles. The second kappa shape index (κ2) is 8.13. The van der Waals surface area contributed by atoms with Crippen LogP contribution in [0.2, 0.25) is 0 Å². The molecule has 1 saturated heterocycles. The van der Waals surface area contributed by atoms with Gasteiger partial charge in [0, 0.05) is 17.6 Å². The smallest absolute Gasteiger partial charge is 0.235 e. The molecule has 1 aromatic rings. The standard InChI is InChI=1S/C21H28N2O3S/c1-26-17-10-6-5-9-16(17)19-20(21(25)22-14-11-12-14)27-13-18(24)23(19)15-7-3-2-4-8-15/h5-6,9-10,14-15,19-20H,2-4,7-8,11-13H2,1H3,(H,22,25). The number of hydrogen-bond donors (Lipinski definition) is 1. The highest BCUT2D eigenvalue weighted by molar-refractivity contribution is 8.01. The van der Waals surface area contributed by atoms with E-state index in [2.05, 4.69) is 5.32 Å². The summed E-state index contributed by atoms with van der Waals surface area (Å²) in [7, 11) is 1.65. The zero-order valence-corrected chi connectivity index (χ0v) is 16.7. The lowest BCUT2D eigenvalue weighted by Crippen LogP contribution is -2.54. The van der Waals surface area contributed by atoms with Crippen LogP contribution in [0.15, 0.2) is 24.3 Å². The predicted octanol–water partition coefficient (Wildman–Crippen LogP) is 3.29. The number of nitrogens with zero attached hydrogens (tertiary/aromatic N) is 1. The zero-order chi connectivity index (χ0) is 18.8. The molecule has 1 N–H and O–H groups in total. The van der Waals surface area contributed by atoms with Gasteiger partial charge in [0.2, 0.25) is 11.8 Å². The molecule has 3 fully saturated rings. The van der Waals surface area contributed by atoms with Gasteiger partial charge in [0.15, 0.2) is 0 Å². The Morgan fingerprint density at radius 2 is 1.89 bits per heavy atom. The SMILES string of the molecule is COc1ccccc1C1C(C(=O)NC2CC2)SCC(=O)N1C1CCCCC1. The summed E-state index contributed by atoms with van der Waals surface area (Å²) < 4.78 is 5.61. The van der Waals surface area contributed by atoms with Crippen molar-refractivity contribution in [3.05, 3.63) is 29.8 Å². The van der Waals surface area contributed by atoms with Crippen molar-refractivity contribution >= 4 is 23.6 Å². The molecule has 0 aromatic heterocycles. The number of thioether (sulfide) groups is 1. The fraction of sp³-hybridized carbons (Fsp3) is 0.619. The summed E-state index contributed by atoms with van der Waals surface area (Å²) in [6, 6.07) is 8.11. The van der Waals surface area contributed by atoms with Crippen LogP contribution in [0, 0.1) is 0 Å². The molecular weight excluding hydrogens is 360 g/mol. The van der Waals surface area contributed by atoms with E-state index < -0.39 is 0 Å². The summed E-state index contributed by atoms with van der Waals surface area (Å²) >= 11 is 1.48. The van der Waals surface area contributed by atoms with Gasteiger partial charge in [0.05, 0.1) is 18.9 Å². The van der Waals surface area contributed by atoms with E-state index in [0.717, 1.165) is 49.8 Å². The number of rotatable bonds is 5. The average molecular weight is 389 g/mol. The Balaban J connectivity index is 1.71. The van der Waals surface area contributed by atoms with Crippen molar-refractivity contribution in [2.45, 2.75) is 68.3 Å². The van der Waals surface area contributed by atoms with E-state index in [-0.39, 0.29) is 29.1 Å². The van der Waals surface area contributed by atoms with Gasteiger partial charge in [-0.2, -0.15) is 0 Å². The first-order valence-corrected chi connectivity index (χ1v) is 11.1. The van der Waals surface area contributed by atoms with Crippen molar-refractivity contribution in [3.63, 3.8) is 0 Å². The minimum absolute atomic E-state index is 0.0618. The quantitative estimate of drug-likeness (QED) is 0.841. The number of para-hydroxylation sites is 1. The van der Waals surface area contributed by atoms with Gasteiger partial charge in [0.1, 0.15) is 11.0 Å². The van der Waals surface area contributed by atoms with E-state index >= 15 is 0 Å². The lowest BCUT2D eigenvalue weighted by atomic mass is 9.90. The van der Waals surface area contributed by atoms with Crippen LogP contribution in [-0.2, 0) is 9.59 Å². The topological polar surface area (TPSA) is 58.6 Å². The maximum absolute atomic E-state index is 13.1. The molecule has 2 unspecified atom stereocenters. The fourth-order valence-corrected chi connectivity index (χ4v) is 5.52. The predicted molar refractivity (Wildman–Crippen MR) is 107 cm³/mol. The number of methoxy groups -OCH3 is 1. The average Bonchev–Trinajstić information content (AvgIpc) is 3.52. The largest absolute Gasteiger partial charge is 0.496 e. The number of ether oxygens (including phenoxy) is 1. The molecule has 27 heavy (non-hydrogen) atoms. The summed E-state index contributed by atoms with van der Waals surface area (Å²) in [5, 5.41) is 2.87. The molecule has 1 aromatic carbocycles. The number of nitrogens with one attached hydrogen (secondary N) is 1. The van der Waals surface area contributed by atoms with Gasteiger partial charge in [0.25, 0.3) is 0 Å². The molecule has 1 aliphatic heterocycles. The first kappa shape index (κ1) is 18.7. The van der Waals surface area contributed by atoms with Gasteiger partial charge in [-0.3, -0.25) is 9.59 Å². The molecule has 1 heterocycles. The van der Waals surface area contributed by atoms with Crippen LogP contribution in [0.5, 0.6) is 5.75 Å². The van der Waals surface area contributed by atoms with Crippen LogP contribution in [0.3, 0.4) is 0 Å². The number of carbonyl (C=O) groups is 2. The lowest BCUT2D eigenvalue weighted by molar-refractivity contribution is -0.136. The first-order chi connectivity index (χ1) is 13.2. The van der Waals surface area contributed by atoms with Gasteiger partial charge in [-0.1, -0.05) is 37.5 Å². The van der Waals surface area contributed by atoms with Crippen molar-refractivity contribution in [3.8, 4) is 5.75 Å². The monoisotopic (exact) mass is 388 g/mol. The van der Waals surface area contributed by atoms with Crippen molar-refractivity contribution in [2.24, 2.45) is 0 Å². The Hall–Kier alpha value is -1.69. The molecule has 2 amide bonds. The van der Waals surface area contributed by atoms with Crippen molar-refractivity contribution in [1.82, 2.24) is 10.2 Å². The summed E-state index contributed by atoms with van der Waals surface area (Å²) in [6.45, 7) is 0. The Labute approximate surface area is 165 Å². The third-order valence-corrected chi connectivity index (χ3v) is 7.11. The van der Waals surface area contributed by atoms with Crippen molar-refractivity contribution in [2.75, 3.05) is 12.9 Å². The highest BCUT2D eigenvalue weighted by Gasteiger charge is 2.46. The molecule has 3 aliphatic rings. The minimum atomic E-state index is -0.290. The molecule has 0 bridgehead atoms. The van der Waals surface area contributed by atoms with Gasteiger partial charge < -0.3 is 15.0 Å². The van der Waals surface area contributed by atoms with Crippen LogP contribution in [0.1, 0.15) is 56.6 Å². The molecular formula is C21H28N2O3S. The fourth-order valence-electron chi connectivity index (χ4n) is 4.37. The van der Waals surface area contributed by atoms with Gasteiger partial charge >= 0.3 is 0 Å². The Morgan fingerprint density at radius 1 is 1.15 bits per heavy atom. The van der Waals surface area contributed by atoms with Gasteiger partial charge in [-0.25, -0.2) is 0 Å². The molecule has 0 spiro atoms. The highest BCUT2D eigenvalue weighted by atomic mass is 32.2. The minimum Gasteiger partial charge on any atom is -0.496 e. The molecule has 146 valence electrons. The van der Waals surface area contributed by atoms with Crippen molar-refractivity contribution < 1.29 is 14.3 Å². The van der Waals surface area contributed by atoms with E-state index in [0.29, 0.717) is 11.8 Å². The Morgan fingerprint density at radius 3 is 2.59 bits per heavy atom. The van der Waals surface area contributed by atoms with E-state index in [1.165, 1.54) is 18.2 Å². The van der Waals surface area contributed by atoms with Crippen LogP contribution in [-0.4, -0.2) is 46.9 Å². The van der Waals surface area contributed by atoms with Gasteiger partial charge in [-0.05, 0) is 31.7 Å². The highest BCUT2D eigenvalue weighted by Crippen LogP contribution is 2.44. The third-order valence-electron chi connectivity index (χ3n) is 5.87. The maximum atomic E-state index is 13.1.